The van der Waals surface area contributed by atoms with Gasteiger partial charge in [0.05, 0.1) is 17.0 Å². The third kappa shape index (κ3) is 2.87. The zero-order valence-corrected chi connectivity index (χ0v) is 14.2. The summed E-state index contributed by atoms with van der Waals surface area (Å²) in [4.78, 5) is 3.99. The van der Waals surface area contributed by atoms with E-state index in [9.17, 15) is 17.2 Å². The van der Waals surface area contributed by atoms with Gasteiger partial charge in [0.15, 0.2) is 0 Å². The van der Waals surface area contributed by atoms with E-state index in [0.717, 1.165) is 25.7 Å². The highest BCUT2D eigenvalue weighted by Gasteiger charge is 2.71. The average Bonchev–Trinajstić information content (AvgIpc) is 3.03. The molecule has 134 valence electrons. The number of benzene rings is 1. The number of aromatic nitrogens is 1. The van der Waals surface area contributed by atoms with Gasteiger partial charge in [-0.1, -0.05) is 25.0 Å². The smallest absolute Gasteiger partial charge is 0.268 e. The molecule has 0 radical (unpaired) electrons. The molecule has 2 saturated carbocycles. The zero-order chi connectivity index (χ0) is 17.8. The fourth-order valence-electron chi connectivity index (χ4n) is 3.76. The van der Waals surface area contributed by atoms with Crippen molar-refractivity contribution >= 4 is 10.0 Å². The summed E-state index contributed by atoms with van der Waals surface area (Å²) in [6, 6.07) is 5.24. The van der Waals surface area contributed by atoms with E-state index in [1.807, 2.05) is 0 Å². The molecule has 0 spiro atoms. The second-order valence-electron chi connectivity index (χ2n) is 6.83. The maximum absolute atomic E-state index is 14.3. The van der Waals surface area contributed by atoms with Crippen LogP contribution in [0.25, 0.3) is 0 Å². The van der Waals surface area contributed by atoms with E-state index in [2.05, 4.69) is 4.98 Å². The molecular formula is C17H18F2N2O3S. The molecule has 8 heteroatoms. The maximum Gasteiger partial charge on any atom is 0.268 e. The average molecular weight is 368 g/mol. The molecule has 2 aliphatic carbocycles. The van der Waals surface area contributed by atoms with Crippen molar-refractivity contribution in [2.45, 2.75) is 54.3 Å². The minimum atomic E-state index is -3.84. The number of oxazole rings is 1. The first-order valence-corrected chi connectivity index (χ1v) is 9.79. The third-order valence-electron chi connectivity index (χ3n) is 5.19. The monoisotopic (exact) mass is 368 g/mol. The summed E-state index contributed by atoms with van der Waals surface area (Å²) in [5, 5.41) is 5.03. The molecule has 1 aromatic heterocycles. The van der Waals surface area contributed by atoms with Crippen LogP contribution >= 0.6 is 0 Å². The summed E-state index contributed by atoms with van der Waals surface area (Å²) in [7, 11) is -3.84. The molecule has 4 rings (SSSR count). The molecule has 5 nitrogen and oxygen atoms in total. The first kappa shape index (κ1) is 16.7. The standard InChI is InChI=1S/C17H18F2N2O3S/c18-17(19)14(11-5-7-12(8-6-11)25(20,22)23)15(17)16-21-9-13(24-16)10-3-1-2-4-10/h5-10,14-15H,1-4H2,(H2,20,22,23)/t14-,15+/m0/s1. The van der Waals surface area contributed by atoms with Crippen molar-refractivity contribution in [3.05, 3.63) is 47.7 Å². The topological polar surface area (TPSA) is 86.2 Å². The predicted molar refractivity (Wildman–Crippen MR) is 86.0 cm³/mol. The van der Waals surface area contributed by atoms with Crippen LogP contribution in [0.15, 0.2) is 39.8 Å². The van der Waals surface area contributed by atoms with Crippen molar-refractivity contribution < 1.29 is 21.6 Å². The predicted octanol–water partition coefficient (Wildman–Crippen LogP) is 3.50. The van der Waals surface area contributed by atoms with E-state index in [-0.39, 0.29) is 16.7 Å². The number of hydrogen-bond donors (Lipinski definition) is 1. The van der Waals surface area contributed by atoms with Gasteiger partial charge in [-0.3, -0.25) is 0 Å². The highest BCUT2D eigenvalue weighted by Crippen LogP contribution is 2.67. The van der Waals surface area contributed by atoms with Crippen molar-refractivity contribution in [2.75, 3.05) is 0 Å². The van der Waals surface area contributed by atoms with Crippen LogP contribution in [0.3, 0.4) is 0 Å². The summed E-state index contributed by atoms with van der Waals surface area (Å²) in [6.45, 7) is 0. The maximum atomic E-state index is 14.3. The minimum absolute atomic E-state index is 0.0624. The van der Waals surface area contributed by atoms with Crippen LogP contribution in [-0.2, 0) is 10.0 Å². The van der Waals surface area contributed by atoms with Crippen molar-refractivity contribution in [1.82, 2.24) is 4.98 Å². The SMILES string of the molecule is NS(=O)(=O)c1ccc([C@H]2[C@H](c3ncc(C4CCCC4)o3)C2(F)F)cc1. The lowest BCUT2D eigenvalue weighted by atomic mass is 10.1. The molecule has 2 aromatic rings. The molecule has 2 aliphatic rings. The highest BCUT2D eigenvalue weighted by atomic mass is 32.2. The van der Waals surface area contributed by atoms with Gasteiger partial charge in [-0.15, -0.1) is 0 Å². The molecule has 0 unspecified atom stereocenters. The summed E-state index contributed by atoms with van der Waals surface area (Å²) in [5.41, 5.74) is 0.350. The number of primary sulfonamides is 1. The van der Waals surface area contributed by atoms with Gasteiger partial charge in [0.2, 0.25) is 15.9 Å². The quantitative estimate of drug-likeness (QED) is 0.895. The Balaban J connectivity index is 1.57. The van der Waals surface area contributed by atoms with Gasteiger partial charge in [0.1, 0.15) is 11.7 Å². The van der Waals surface area contributed by atoms with Gasteiger partial charge in [-0.2, -0.15) is 0 Å². The molecule has 2 fully saturated rings. The van der Waals surface area contributed by atoms with Crippen LogP contribution < -0.4 is 5.14 Å². The van der Waals surface area contributed by atoms with Crippen LogP contribution in [0.4, 0.5) is 8.78 Å². The fraction of sp³-hybridized carbons (Fsp3) is 0.471. The largest absolute Gasteiger partial charge is 0.445 e. The molecule has 2 atom stereocenters. The summed E-state index contributed by atoms with van der Waals surface area (Å²) >= 11 is 0. The number of alkyl halides is 2. The summed E-state index contributed by atoms with van der Waals surface area (Å²) < 4.78 is 56.8. The lowest BCUT2D eigenvalue weighted by Crippen LogP contribution is -2.11. The second kappa shape index (κ2) is 5.60. The molecular weight excluding hydrogens is 350 g/mol. The van der Waals surface area contributed by atoms with E-state index >= 15 is 0 Å². The van der Waals surface area contributed by atoms with E-state index in [0.29, 0.717) is 11.3 Å². The molecule has 0 aliphatic heterocycles. The Kier molecular flexibility index (Phi) is 3.73. The van der Waals surface area contributed by atoms with E-state index < -0.39 is 27.8 Å². The number of rotatable bonds is 4. The Hall–Kier alpha value is -1.80. The highest BCUT2D eigenvalue weighted by molar-refractivity contribution is 7.89. The normalized spacial score (nSPS) is 26.0. The van der Waals surface area contributed by atoms with Crippen molar-refractivity contribution in [1.29, 1.82) is 0 Å². The zero-order valence-electron chi connectivity index (χ0n) is 13.4. The van der Waals surface area contributed by atoms with Crippen LogP contribution in [0.2, 0.25) is 0 Å². The van der Waals surface area contributed by atoms with Crippen LogP contribution in [0.1, 0.15) is 60.7 Å². The van der Waals surface area contributed by atoms with Crippen molar-refractivity contribution in [2.24, 2.45) is 5.14 Å². The molecule has 25 heavy (non-hydrogen) atoms. The first-order valence-electron chi connectivity index (χ1n) is 8.24. The van der Waals surface area contributed by atoms with Gasteiger partial charge in [-0.25, -0.2) is 27.3 Å². The van der Waals surface area contributed by atoms with Gasteiger partial charge in [0, 0.05) is 5.92 Å². The molecule has 2 N–H and O–H groups in total. The fourth-order valence-corrected chi connectivity index (χ4v) is 4.27. The van der Waals surface area contributed by atoms with E-state index in [1.54, 1.807) is 6.20 Å². The lowest BCUT2D eigenvalue weighted by Gasteiger charge is -2.02. The number of nitrogens with two attached hydrogens (primary N) is 1. The summed E-state index contributed by atoms with van der Waals surface area (Å²) in [6.07, 6.45) is 5.84. The Morgan fingerprint density at radius 2 is 1.76 bits per heavy atom. The molecule has 1 aromatic carbocycles. The van der Waals surface area contributed by atoms with Gasteiger partial charge >= 0.3 is 0 Å². The molecule has 1 heterocycles. The Bertz CT molecular complexity index is 887. The van der Waals surface area contributed by atoms with Gasteiger partial charge in [0.25, 0.3) is 5.92 Å². The van der Waals surface area contributed by atoms with Crippen LogP contribution in [0.5, 0.6) is 0 Å². The number of halogens is 2. The van der Waals surface area contributed by atoms with Crippen molar-refractivity contribution in [3.8, 4) is 0 Å². The number of hydrogen-bond acceptors (Lipinski definition) is 4. The van der Waals surface area contributed by atoms with Crippen LogP contribution in [-0.4, -0.2) is 19.3 Å². The molecule has 0 saturated heterocycles. The van der Waals surface area contributed by atoms with Gasteiger partial charge < -0.3 is 4.42 Å². The molecule has 0 bridgehead atoms. The number of nitrogens with zero attached hydrogens (tertiary/aromatic N) is 1. The van der Waals surface area contributed by atoms with Crippen LogP contribution in [0, 0.1) is 0 Å². The molecule has 0 amide bonds. The Labute approximate surface area is 144 Å². The van der Waals surface area contributed by atoms with Gasteiger partial charge in [-0.05, 0) is 30.5 Å². The number of sulfonamides is 1. The Morgan fingerprint density at radius 3 is 2.36 bits per heavy atom. The minimum Gasteiger partial charge on any atom is -0.445 e. The Morgan fingerprint density at radius 1 is 1.12 bits per heavy atom. The van der Waals surface area contributed by atoms with E-state index in [1.165, 1.54) is 24.3 Å². The summed E-state index contributed by atoms with van der Waals surface area (Å²) in [5.74, 6) is -4.09. The first-order chi connectivity index (χ1) is 11.8. The lowest BCUT2D eigenvalue weighted by molar-refractivity contribution is 0.101. The second-order valence-corrected chi connectivity index (χ2v) is 8.39. The third-order valence-corrected chi connectivity index (χ3v) is 6.12. The van der Waals surface area contributed by atoms with E-state index in [4.69, 9.17) is 9.56 Å². The van der Waals surface area contributed by atoms with Crippen molar-refractivity contribution in [3.63, 3.8) is 0 Å².